The van der Waals surface area contributed by atoms with Crippen LogP contribution in [0.25, 0.3) is 0 Å². The smallest absolute Gasteiger partial charge is 0.233 e. The van der Waals surface area contributed by atoms with Crippen LogP contribution in [0.1, 0.15) is 12.0 Å². The van der Waals surface area contributed by atoms with Gasteiger partial charge in [-0.05, 0) is 42.3 Å². The minimum Gasteiger partial charge on any atom is -0.497 e. The summed E-state index contributed by atoms with van der Waals surface area (Å²) in [6.07, 6.45) is 0.389. The molecule has 0 aromatic heterocycles. The molecule has 0 aliphatic carbocycles. The Kier molecular flexibility index (Phi) is 7.29. The molecule has 0 fully saturated rings. The van der Waals surface area contributed by atoms with Crippen LogP contribution in [-0.4, -0.2) is 32.6 Å². The van der Waals surface area contributed by atoms with E-state index in [9.17, 15) is 9.59 Å². The van der Waals surface area contributed by atoms with Crippen molar-refractivity contribution >= 4 is 29.1 Å². The van der Waals surface area contributed by atoms with E-state index in [1.165, 1.54) is 7.11 Å². The SMILES string of the molecule is COc1cccc(CCNC(=O)CC(=O)Nc2ccc(OC)c(Cl)c2)c1. The minimum absolute atomic E-state index is 0.262. The van der Waals surface area contributed by atoms with Crippen LogP contribution in [0.15, 0.2) is 42.5 Å². The summed E-state index contributed by atoms with van der Waals surface area (Å²) in [7, 11) is 3.12. The van der Waals surface area contributed by atoms with Crippen molar-refractivity contribution in [2.24, 2.45) is 0 Å². The molecule has 6 nitrogen and oxygen atoms in total. The number of rotatable bonds is 8. The molecule has 2 aromatic rings. The maximum atomic E-state index is 11.9. The number of carbonyl (C=O) groups is 2. The Morgan fingerprint density at radius 1 is 1.04 bits per heavy atom. The van der Waals surface area contributed by atoms with Gasteiger partial charge in [0.15, 0.2) is 0 Å². The molecule has 0 aliphatic heterocycles. The first kappa shape index (κ1) is 19.6. The van der Waals surface area contributed by atoms with Crippen molar-refractivity contribution in [1.82, 2.24) is 5.32 Å². The second-order valence-electron chi connectivity index (χ2n) is 5.53. The van der Waals surface area contributed by atoms with Gasteiger partial charge in [-0.25, -0.2) is 0 Å². The van der Waals surface area contributed by atoms with Crippen LogP contribution in [0.2, 0.25) is 5.02 Å². The first-order valence-corrected chi connectivity index (χ1v) is 8.42. The third-order valence-electron chi connectivity index (χ3n) is 3.63. The van der Waals surface area contributed by atoms with Crippen LogP contribution >= 0.6 is 11.6 Å². The molecule has 0 saturated heterocycles. The molecule has 2 N–H and O–H groups in total. The zero-order valence-corrected chi connectivity index (χ0v) is 15.4. The zero-order chi connectivity index (χ0) is 18.9. The largest absolute Gasteiger partial charge is 0.497 e. The number of methoxy groups -OCH3 is 2. The lowest BCUT2D eigenvalue weighted by Gasteiger charge is -2.09. The van der Waals surface area contributed by atoms with Gasteiger partial charge in [-0.2, -0.15) is 0 Å². The minimum atomic E-state index is -0.412. The fraction of sp³-hybridized carbons (Fsp3) is 0.263. The van der Waals surface area contributed by atoms with E-state index >= 15 is 0 Å². The lowest BCUT2D eigenvalue weighted by Crippen LogP contribution is -2.29. The maximum absolute atomic E-state index is 11.9. The molecule has 0 radical (unpaired) electrons. The molecule has 0 spiro atoms. The van der Waals surface area contributed by atoms with Gasteiger partial charge >= 0.3 is 0 Å². The van der Waals surface area contributed by atoms with E-state index in [4.69, 9.17) is 21.1 Å². The number of nitrogens with one attached hydrogen (secondary N) is 2. The van der Waals surface area contributed by atoms with Gasteiger partial charge in [-0.15, -0.1) is 0 Å². The van der Waals surface area contributed by atoms with Crippen LogP contribution in [0.5, 0.6) is 11.5 Å². The number of ether oxygens (including phenoxy) is 2. The average Bonchev–Trinajstić information content (AvgIpc) is 2.62. The van der Waals surface area contributed by atoms with Gasteiger partial charge in [0.05, 0.1) is 19.2 Å². The van der Waals surface area contributed by atoms with Gasteiger partial charge in [0.25, 0.3) is 0 Å². The summed E-state index contributed by atoms with van der Waals surface area (Å²) in [5.74, 6) is 0.529. The van der Waals surface area contributed by atoms with E-state index in [-0.39, 0.29) is 12.3 Å². The van der Waals surface area contributed by atoms with Gasteiger partial charge in [-0.3, -0.25) is 9.59 Å². The molecule has 0 bridgehead atoms. The Bertz CT molecular complexity index is 780. The van der Waals surface area contributed by atoms with E-state index < -0.39 is 5.91 Å². The summed E-state index contributed by atoms with van der Waals surface area (Å²) in [5, 5.41) is 5.74. The fourth-order valence-electron chi connectivity index (χ4n) is 2.33. The second-order valence-corrected chi connectivity index (χ2v) is 5.93. The third kappa shape index (κ3) is 5.97. The average molecular weight is 377 g/mol. The Morgan fingerprint density at radius 2 is 1.85 bits per heavy atom. The van der Waals surface area contributed by atoms with Crippen molar-refractivity contribution < 1.29 is 19.1 Å². The molecular formula is C19H21ClN2O4. The highest BCUT2D eigenvalue weighted by molar-refractivity contribution is 6.32. The number of hydrogen-bond donors (Lipinski definition) is 2. The molecule has 0 unspecified atom stereocenters. The van der Waals surface area contributed by atoms with Crippen molar-refractivity contribution in [2.75, 3.05) is 26.1 Å². The van der Waals surface area contributed by atoms with E-state index in [0.717, 1.165) is 11.3 Å². The Morgan fingerprint density at radius 3 is 2.54 bits per heavy atom. The predicted molar refractivity (Wildman–Crippen MR) is 101 cm³/mol. The Balaban J connectivity index is 1.76. The molecular weight excluding hydrogens is 356 g/mol. The van der Waals surface area contributed by atoms with Crippen LogP contribution < -0.4 is 20.1 Å². The normalized spacial score (nSPS) is 10.1. The summed E-state index contributed by atoms with van der Waals surface area (Å²) in [4.78, 5) is 23.8. The number of carbonyl (C=O) groups excluding carboxylic acids is 2. The summed E-state index contributed by atoms with van der Waals surface area (Å²) in [6, 6.07) is 12.5. The molecule has 0 saturated carbocycles. The molecule has 7 heteroatoms. The molecule has 138 valence electrons. The first-order chi connectivity index (χ1) is 12.5. The lowest BCUT2D eigenvalue weighted by atomic mass is 10.1. The molecule has 2 rings (SSSR count). The highest BCUT2D eigenvalue weighted by Crippen LogP contribution is 2.27. The van der Waals surface area contributed by atoms with Gasteiger partial charge in [-0.1, -0.05) is 23.7 Å². The monoisotopic (exact) mass is 376 g/mol. The predicted octanol–water partition coefficient (Wildman–Crippen LogP) is 3.04. The number of halogens is 1. The van der Waals surface area contributed by atoms with Gasteiger partial charge < -0.3 is 20.1 Å². The second kappa shape index (κ2) is 9.68. The highest BCUT2D eigenvalue weighted by Gasteiger charge is 2.10. The number of hydrogen-bond acceptors (Lipinski definition) is 4. The lowest BCUT2D eigenvalue weighted by molar-refractivity contribution is -0.126. The third-order valence-corrected chi connectivity index (χ3v) is 3.92. The van der Waals surface area contributed by atoms with Crippen LogP contribution in [0.3, 0.4) is 0 Å². The molecule has 26 heavy (non-hydrogen) atoms. The van der Waals surface area contributed by atoms with Crippen molar-refractivity contribution in [1.29, 1.82) is 0 Å². The number of benzene rings is 2. The Labute approximate surface area is 157 Å². The van der Waals surface area contributed by atoms with Crippen LogP contribution in [0, 0.1) is 0 Å². The van der Waals surface area contributed by atoms with Crippen LogP contribution in [0.4, 0.5) is 5.69 Å². The number of anilines is 1. The molecule has 0 heterocycles. The zero-order valence-electron chi connectivity index (χ0n) is 14.7. The summed E-state index contributed by atoms with van der Waals surface area (Å²) in [6.45, 7) is 0.438. The fourth-order valence-corrected chi connectivity index (χ4v) is 2.59. The standard InChI is InChI=1S/C19H21ClN2O4/c1-25-15-5-3-4-13(10-15)8-9-21-18(23)12-19(24)22-14-6-7-17(26-2)16(20)11-14/h3-7,10-11H,8-9,12H2,1-2H3,(H,21,23)(H,22,24). The quantitative estimate of drug-likeness (QED) is 0.694. The first-order valence-electron chi connectivity index (χ1n) is 8.05. The summed E-state index contributed by atoms with van der Waals surface area (Å²) < 4.78 is 10.2. The highest BCUT2D eigenvalue weighted by atomic mass is 35.5. The number of amides is 2. The van der Waals surface area contributed by atoms with E-state index in [0.29, 0.717) is 29.4 Å². The van der Waals surface area contributed by atoms with Gasteiger partial charge in [0.2, 0.25) is 11.8 Å². The van der Waals surface area contributed by atoms with Crippen molar-refractivity contribution in [2.45, 2.75) is 12.8 Å². The van der Waals surface area contributed by atoms with E-state index in [1.54, 1.807) is 25.3 Å². The molecule has 2 aromatic carbocycles. The van der Waals surface area contributed by atoms with E-state index in [1.807, 2.05) is 24.3 Å². The van der Waals surface area contributed by atoms with Crippen molar-refractivity contribution in [3.05, 3.63) is 53.1 Å². The molecule has 0 aliphatic rings. The maximum Gasteiger partial charge on any atom is 0.233 e. The molecule has 0 atom stereocenters. The van der Waals surface area contributed by atoms with Gasteiger partial charge in [0, 0.05) is 12.2 Å². The van der Waals surface area contributed by atoms with Crippen LogP contribution in [-0.2, 0) is 16.0 Å². The Hall–Kier alpha value is -2.73. The van der Waals surface area contributed by atoms with E-state index in [2.05, 4.69) is 10.6 Å². The molecule has 2 amide bonds. The van der Waals surface area contributed by atoms with Crippen molar-refractivity contribution in [3.8, 4) is 11.5 Å². The summed E-state index contributed by atoms with van der Waals surface area (Å²) >= 11 is 6.00. The summed E-state index contributed by atoms with van der Waals surface area (Å²) in [5.41, 5.74) is 1.55. The topological polar surface area (TPSA) is 76.7 Å². The van der Waals surface area contributed by atoms with Gasteiger partial charge in [0.1, 0.15) is 17.9 Å². The van der Waals surface area contributed by atoms with Crippen molar-refractivity contribution in [3.63, 3.8) is 0 Å².